The molecule has 5 nitrogen and oxygen atoms in total. The SMILES string of the molecule is CCC1(O)CN(C(=O)c2cccn2C2CCNCC2)C1. The van der Waals surface area contributed by atoms with Gasteiger partial charge < -0.3 is 19.9 Å². The van der Waals surface area contributed by atoms with Crippen LogP contribution in [0.25, 0.3) is 0 Å². The lowest BCUT2D eigenvalue weighted by molar-refractivity contribution is -0.0830. The molecule has 0 aliphatic carbocycles. The Hall–Kier alpha value is -1.33. The molecule has 2 saturated heterocycles. The van der Waals surface area contributed by atoms with Gasteiger partial charge in [-0.2, -0.15) is 0 Å². The molecule has 5 heteroatoms. The number of hydrogen-bond acceptors (Lipinski definition) is 3. The van der Waals surface area contributed by atoms with E-state index in [9.17, 15) is 9.90 Å². The highest BCUT2D eigenvalue weighted by Crippen LogP contribution is 2.28. The van der Waals surface area contributed by atoms with E-state index < -0.39 is 5.60 Å². The molecule has 1 amide bonds. The van der Waals surface area contributed by atoms with Gasteiger partial charge in [0.15, 0.2) is 0 Å². The molecule has 3 heterocycles. The minimum atomic E-state index is -0.665. The standard InChI is InChI=1S/C15H23N3O2/c1-2-15(20)10-17(11-15)14(19)13-4-3-9-18(13)12-5-7-16-8-6-12/h3-4,9,12,16,20H,2,5-8,10-11H2,1H3. The van der Waals surface area contributed by atoms with Crippen LogP contribution in [0.2, 0.25) is 0 Å². The number of carbonyl (C=O) groups excluding carboxylic acids is 1. The molecule has 0 spiro atoms. The number of carbonyl (C=O) groups is 1. The second-order valence-corrected chi connectivity index (χ2v) is 6.02. The molecule has 1 aromatic rings. The molecule has 20 heavy (non-hydrogen) atoms. The van der Waals surface area contributed by atoms with Crippen LogP contribution in [-0.4, -0.2) is 52.3 Å². The Morgan fingerprint density at radius 3 is 2.80 bits per heavy atom. The van der Waals surface area contributed by atoms with E-state index in [1.165, 1.54) is 0 Å². The summed E-state index contributed by atoms with van der Waals surface area (Å²) in [5, 5.41) is 13.4. The molecule has 2 fully saturated rings. The van der Waals surface area contributed by atoms with Crippen LogP contribution < -0.4 is 5.32 Å². The molecule has 2 aliphatic rings. The zero-order valence-corrected chi connectivity index (χ0v) is 12.0. The number of hydrogen-bond donors (Lipinski definition) is 2. The molecule has 0 bridgehead atoms. The summed E-state index contributed by atoms with van der Waals surface area (Å²) >= 11 is 0. The Kier molecular flexibility index (Phi) is 3.56. The number of β-amino-alcohol motifs (C(OH)–C–C–N with tert-alkyl or cyclic N) is 1. The van der Waals surface area contributed by atoms with Gasteiger partial charge in [-0.3, -0.25) is 4.79 Å². The average Bonchev–Trinajstić information content (AvgIpc) is 2.93. The van der Waals surface area contributed by atoms with Crippen molar-refractivity contribution >= 4 is 5.91 Å². The number of rotatable bonds is 3. The summed E-state index contributed by atoms with van der Waals surface area (Å²) in [7, 11) is 0. The number of likely N-dealkylation sites (tertiary alicyclic amines) is 1. The predicted octanol–water partition coefficient (Wildman–Crippen LogP) is 1.01. The summed E-state index contributed by atoms with van der Waals surface area (Å²) < 4.78 is 2.12. The van der Waals surface area contributed by atoms with Crippen molar-refractivity contribution in [1.82, 2.24) is 14.8 Å². The fourth-order valence-corrected chi connectivity index (χ4v) is 3.17. The van der Waals surface area contributed by atoms with Crippen molar-refractivity contribution in [3.63, 3.8) is 0 Å². The second kappa shape index (κ2) is 5.22. The van der Waals surface area contributed by atoms with Crippen LogP contribution in [0.4, 0.5) is 0 Å². The van der Waals surface area contributed by atoms with E-state index in [2.05, 4.69) is 9.88 Å². The van der Waals surface area contributed by atoms with Crippen molar-refractivity contribution in [3.05, 3.63) is 24.0 Å². The fraction of sp³-hybridized carbons (Fsp3) is 0.667. The zero-order chi connectivity index (χ0) is 14.2. The first-order valence-corrected chi connectivity index (χ1v) is 7.52. The summed E-state index contributed by atoms with van der Waals surface area (Å²) in [5.74, 6) is 0.0478. The van der Waals surface area contributed by atoms with Crippen LogP contribution in [0.3, 0.4) is 0 Å². The van der Waals surface area contributed by atoms with Crippen molar-refractivity contribution < 1.29 is 9.90 Å². The van der Waals surface area contributed by atoms with Crippen molar-refractivity contribution in [1.29, 1.82) is 0 Å². The minimum absolute atomic E-state index is 0.0478. The molecule has 1 aromatic heterocycles. The first-order chi connectivity index (χ1) is 9.63. The Balaban J connectivity index is 1.71. The largest absolute Gasteiger partial charge is 0.386 e. The van der Waals surface area contributed by atoms with Gasteiger partial charge in [0, 0.05) is 12.2 Å². The molecule has 0 atom stereocenters. The van der Waals surface area contributed by atoms with Gasteiger partial charge in [0.25, 0.3) is 5.91 Å². The van der Waals surface area contributed by atoms with E-state index in [1.807, 2.05) is 25.3 Å². The van der Waals surface area contributed by atoms with Crippen LogP contribution >= 0.6 is 0 Å². The third-order valence-corrected chi connectivity index (χ3v) is 4.62. The molecule has 3 rings (SSSR count). The van der Waals surface area contributed by atoms with Crippen molar-refractivity contribution in [3.8, 4) is 0 Å². The normalized spacial score (nSPS) is 22.6. The summed E-state index contributed by atoms with van der Waals surface area (Å²) in [6.07, 6.45) is 4.84. The summed E-state index contributed by atoms with van der Waals surface area (Å²) in [6.45, 7) is 4.89. The molecular formula is C15H23N3O2. The zero-order valence-electron chi connectivity index (χ0n) is 12.0. The molecule has 0 aromatic carbocycles. The Labute approximate surface area is 119 Å². The number of nitrogens with one attached hydrogen (secondary N) is 1. The van der Waals surface area contributed by atoms with Crippen LogP contribution in [0.5, 0.6) is 0 Å². The first-order valence-electron chi connectivity index (χ1n) is 7.52. The van der Waals surface area contributed by atoms with Crippen molar-refractivity contribution in [2.45, 2.75) is 37.8 Å². The van der Waals surface area contributed by atoms with Gasteiger partial charge in [-0.1, -0.05) is 6.92 Å². The molecule has 110 valence electrons. The predicted molar refractivity (Wildman–Crippen MR) is 76.7 cm³/mol. The van der Waals surface area contributed by atoms with E-state index in [1.54, 1.807) is 4.90 Å². The Bertz CT molecular complexity index is 485. The fourth-order valence-electron chi connectivity index (χ4n) is 3.17. The highest BCUT2D eigenvalue weighted by molar-refractivity contribution is 5.93. The lowest BCUT2D eigenvalue weighted by Gasteiger charge is -2.46. The monoisotopic (exact) mass is 277 g/mol. The maximum Gasteiger partial charge on any atom is 0.270 e. The van der Waals surface area contributed by atoms with Gasteiger partial charge >= 0.3 is 0 Å². The van der Waals surface area contributed by atoms with Gasteiger partial charge in [-0.15, -0.1) is 0 Å². The van der Waals surface area contributed by atoms with Gasteiger partial charge in [-0.25, -0.2) is 0 Å². The average molecular weight is 277 g/mol. The highest BCUT2D eigenvalue weighted by Gasteiger charge is 2.42. The molecule has 0 unspecified atom stereocenters. The number of aliphatic hydroxyl groups is 1. The van der Waals surface area contributed by atoms with Crippen LogP contribution in [0, 0.1) is 0 Å². The maximum atomic E-state index is 12.5. The number of aromatic nitrogens is 1. The van der Waals surface area contributed by atoms with Gasteiger partial charge in [0.1, 0.15) is 5.69 Å². The first kappa shape index (κ1) is 13.6. The van der Waals surface area contributed by atoms with Gasteiger partial charge in [0.05, 0.1) is 18.7 Å². The van der Waals surface area contributed by atoms with E-state index in [0.717, 1.165) is 31.6 Å². The smallest absolute Gasteiger partial charge is 0.270 e. The lowest BCUT2D eigenvalue weighted by Crippen LogP contribution is -2.63. The summed E-state index contributed by atoms with van der Waals surface area (Å²) in [5.41, 5.74) is 0.0945. The molecule has 0 saturated carbocycles. The van der Waals surface area contributed by atoms with Crippen molar-refractivity contribution in [2.24, 2.45) is 0 Å². The van der Waals surface area contributed by atoms with E-state index in [0.29, 0.717) is 25.6 Å². The molecule has 0 radical (unpaired) electrons. The minimum Gasteiger partial charge on any atom is -0.386 e. The highest BCUT2D eigenvalue weighted by atomic mass is 16.3. The second-order valence-electron chi connectivity index (χ2n) is 6.02. The van der Waals surface area contributed by atoms with E-state index >= 15 is 0 Å². The van der Waals surface area contributed by atoms with E-state index in [4.69, 9.17) is 0 Å². The maximum absolute atomic E-state index is 12.5. The number of piperidine rings is 1. The number of amides is 1. The topological polar surface area (TPSA) is 57.5 Å². The van der Waals surface area contributed by atoms with Crippen LogP contribution in [0.15, 0.2) is 18.3 Å². The van der Waals surface area contributed by atoms with Crippen LogP contribution in [0.1, 0.15) is 42.7 Å². The molecule has 2 N–H and O–H groups in total. The summed E-state index contributed by atoms with van der Waals surface area (Å²) in [4.78, 5) is 14.3. The van der Waals surface area contributed by atoms with Gasteiger partial charge in [0.2, 0.25) is 0 Å². The Morgan fingerprint density at radius 2 is 2.15 bits per heavy atom. The quantitative estimate of drug-likeness (QED) is 0.867. The number of nitrogens with zero attached hydrogens (tertiary/aromatic N) is 2. The molecule has 2 aliphatic heterocycles. The third-order valence-electron chi connectivity index (χ3n) is 4.62. The van der Waals surface area contributed by atoms with E-state index in [-0.39, 0.29) is 5.91 Å². The summed E-state index contributed by atoms with van der Waals surface area (Å²) in [6, 6.07) is 4.26. The Morgan fingerprint density at radius 1 is 1.45 bits per heavy atom. The molecular weight excluding hydrogens is 254 g/mol. The third kappa shape index (κ3) is 2.36. The van der Waals surface area contributed by atoms with Crippen LogP contribution in [-0.2, 0) is 0 Å². The van der Waals surface area contributed by atoms with Gasteiger partial charge in [-0.05, 0) is 44.5 Å². The lowest BCUT2D eigenvalue weighted by atomic mass is 9.91. The van der Waals surface area contributed by atoms with Crippen molar-refractivity contribution in [2.75, 3.05) is 26.2 Å².